The Balaban J connectivity index is 2.61. The predicted molar refractivity (Wildman–Crippen MR) is 92.4 cm³/mol. The Morgan fingerprint density at radius 2 is 2.12 bits per heavy atom. The zero-order valence-electron chi connectivity index (χ0n) is 15.3. The van der Waals surface area contributed by atoms with Crippen LogP contribution in [0.1, 0.15) is 40.5 Å². The third kappa shape index (κ3) is 6.83. The number of amides is 1. The number of carbonyl (C=O) groups is 1. The number of likely N-dealkylation sites (tertiary alicyclic amines) is 1. The van der Waals surface area contributed by atoms with Crippen molar-refractivity contribution < 1.29 is 24.7 Å². The van der Waals surface area contributed by atoms with Crippen LogP contribution in [0.25, 0.3) is 0 Å². The summed E-state index contributed by atoms with van der Waals surface area (Å²) in [4.78, 5) is 23.5. The van der Waals surface area contributed by atoms with Crippen LogP contribution in [0.4, 0.5) is 4.79 Å². The number of piperidine rings is 1. The molecule has 8 heteroatoms. The summed E-state index contributed by atoms with van der Waals surface area (Å²) in [5.41, 5.74) is -0.249. The Hall–Kier alpha value is -1.93. The number of β-amino-alcohol motifs (C(OH)–C–C–N with tert-alkyl or cyclic N) is 1. The molecule has 1 amide bonds. The molecule has 3 atom stereocenters. The van der Waals surface area contributed by atoms with Crippen LogP contribution in [-0.2, 0) is 4.74 Å². The first-order chi connectivity index (χ1) is 11.4. The van der Waals surface area contributed by atoms with Crippen LogP contribution in [0.2, 0.25) is 0 Å². The fourth-order valence-corrected chi connectivity index (χ4v) is 2.77. The van der Waals surface area contributed by atoms with Crippen LogP contribution in [-0.4, -0.2) is 57.0 Å². The fourth-order valence-electron chi connectivity index (χ4n) is 2.77. The molecule has 1 saturated heterocycles. The average Bonchev–Trinajstić information content (AvgIpc) is 2.44. The van der Waals surface area contributed by atoms with Crippen molar-refractivity contribution in [3.05, 3.63) is 34.0 Å². The van der Waals surface area contributed by atoms with E-state index in [0.29, 0.717) is 18.5 Å². The summed E-state index contributed by atoms with van der Waals surface area (Å²) in [7, 11) is 0. The molecule has 1 rings (SSSR count). The zero-order chi connectivity index (χ0) is 19.4. The number of aliphatic hydroxyl groups excluding tert-OH is 2. The molecular weight excluding hydrogens is 328 g/mol. The van der Waals surface area contributed by atoms with Gasteiger partial charge in [0.05, 0.1) is 23.7 Å². The number of carbonyl (C=O) groups excluding carboxylic acids is 1. The van der Waals surface area contributed by atoms with E-state index in [1.165, 1.54) is 11.0 Å². The van der Waals surface area contributed by atoms with Crippen LogP contribution >= 0.6 is 0 Å². The van der Waals surface area contributed by atoms with Gasteiger partial charge in [0.25, 0.3) is 5.70 Å². The Morgan fingerprint density at radius 1 is 1.52 bits per heavy atom. The number of hydrogen-bond donors (Lipinski definition) is 2. The minimum absolute atomic E-state index is 0.0843. The molecule has 0 spiro atoms. The summed E-state index contributed by atoms with van der Waals surface area (Å²) in [5, 5.41) is 31.2. The maximum Gasteiger partial charge on any atom is 0.410 e. The van der Waals surface area contributed by atoms with Gasteiger partial charge in [0.1, 0.15) is 5.60 Å². The topological polar surface area (TPSA) is 113 Å². The van der Waals surface area contributed by atoms with E-state index in [9.17, 15) is 25.1 Å². The molecule has 0 aromatic heterocycles. The summed E-state index contributed by atoms with van der Waals surface area (Å²) in [5.74, 6) is -0.411. The largest absolute Gasteiger partial charge is 0.444 e. The van der Waals surface area contributed by atoms with Gasteiger partial charge in [-0.25, -0.2) is 4.79 Å². The second-order valence-electron chi connectivity index (χ2n) is 7.46. The van der Waals surface area contributed by atoms with Gasteiger partial charge in [0.2, 0.25) is 0 Å². The van der Waals surface area contributed by atoms with Gasteiger partial charge >= 0.3 is 6.09 Å². The van der Waals surface area contributed by atoms with E-state index >= 15 is 0 Å². The molecule has 8 nitrogen and oxygen atoms in total. The molecule has 3 unspecified atom stereocenters. The third-order valence-corrected chi connectivity index (χ3v) is 3.96. The lowest BCUT2D eigenvalue weighted by Crippen LogP contribution is -2.51. The van der Waals surface area contributed by atoms with Crippen molar-refractivity contribution in [3.8, 4) is 0 Å². The number of nitro groups is 1. The SMILES string of the molecule is C=C(/C=C(/C)CC(O)C1CCN(C(=O)OC(C)(C)C)CC1O)[N+](=O)[O-]. The standard InChI is InChI=1S/C17H28N2O6/c1-11(8-12(2)19(23)24)9-14(20)13-6-7-18(10-15(13)21)16(22)25-17(3,4)5/h8,13-15,20-21H,2,6-7,9-10H2,1,3-5H3/b11-8-. The minimum atomic E-state index is -0.886. The average molecular weight is 356 g/mol. The fraction of sp³-hybridized carbons (Fsp3) is 0.706. The van der Waals surface area contributed by atoms with Crippen molar-refractivity contribution >= 4 is 6.09 Å². The Kier molecular flexibility index (Phi) is 7.13. The molecule has 0 saturated carbocycles. The number of aliphatic hydroxyl groups is 2. The van der Waals surface area contributed by atoms with Crippen molar-refractivity contribution in [1.82, 2.24) is 4.90 Å². The molecule has 0 bridgehead atoms. The summed E-state index contributed by atoms with van der Waals surface area (Å²) < 4.78 is 5.28. The van der Waals surface area contributed by atoms with E-state index in [4.69, 9.17) is 4.74 Å². The Bertz CT molecular complexity index is 552. The Labute approximate surface area is 147 Å². The normalized spacial score (nSPS) is 23.1. The maximum atomic E-state index is 12.0. The highest BCUT2D eigenvalue weighted by atomic mass is 16.6. The third-order valence-electron chi connectivity index (χ3n) is 3.96. The van der Waals surface area contributed by atoms with Gasteiger partial charge in [0.15, 0.2) is 0 Å². The van der Waals surface area contributed by atoms with Gasteiger partial charge in [-0.15, -0.1) is 0 Å². The molecule has 142 valence electrons. The molecule has 0 aromatic carbocycles. The highest BCUT2D eigenvalue weighted by Gasteiger charge is 2.36. The van der Waals surface area contributed by atoms with Crippen molar-refractivity contribution in [2.24, 2.45) is 5.92 Å². The number of hydrogen-bond acceptors (Lipinski definition) is 6. The van der Waals surface area contributed by atoms with E-state index in [-0.39, 0.29) is 18.7 Å². The smallest absolute Gasteiger partial charge is 0.410 e. The lowest BCUT2D eigenvalue weighted by Gasteiger charge is -2.38. The molecule has 0 aromatic rings. The van der Waals surface area contributed by atoms with Gasteiger partial charge < -0.3 is 19.8 Å². The van der Waals surface area contributed by atoms with Crippen molar-refractivity contribution in [2.75, 3.05) is 13.1 Å². The second-order valence-corrected chi connectivity index (χ2v) is 7.46. The number of rotatable bonds is 5. The zero-order valence-corrected chi connectivity index (χ0v) is 15.3. The molecule has 25 heavy (non-hydrogen) atoms. The first-order valence-corrected chi connectivity index (χ1v) is 8.25. The Morgan fingerprint density at radius 3 is 2.60 bits per heavy atom. The number of allylic oxidation sites excluding steroid dienone is 1. The number of ether oxygens (including phenoxy) is 1. The van der Waals surface area contributed by atoms with Gasteiger partial charge in [0, 0.05) is 18.5 Å². The molecule has 1 heterocycles. The molecule has 1 fully saturated rings. The minimum Gasteiger partial charge on any atom is -0.444 e. The van der Waals surface area contributed by atoms with E-state index in [1.807, 2.05) is 0 Å². The molecule has 1 aliphatic heterocycles. The molecule has 1 aliphatic rings. The van der Waals surface area contributed by atoms with E-state index in [2.05, 4.69) is 6.58 Å². The van der Waals surface area contributed by atoms with Crippen molar-refractivity contribution in [3.63, 3.8) is 0 Å². The van der Waals surface area contributed by atoms with E-state index < -0.39 is 34.7 Å². The highest BCUT2D eigenvalue weighted by molar-refractivity contribution is 5.68. The predicted octanol–water partition coefficient (Wildman–Crippen LogP) is 2.09. The first kappa shape index (κ1) is 21.1. The summed E-state index contributed by atoms with van der Waals surface area (Å²) in [6, 6.07) is 0. The molecule has 0 radical (unpaired) electrons. The summed E-state index contributed by atoms with van der Waals surface area (Å²) >= 11 is 0. The van der Waals surface area contributed by atoms with Crippen LogP contribution < -0.4 is 0 Å². The van der Waals surface area contributed by atoms with Gasteiger partial charge in [-0.2, -0.15) is 0 Å². The molecule has 2 N–H and O–H groups in total. The van der Waals surface area contributed by atoms with Gasteiger partial charge in [-0.05, 0) is 47.1 Å². The molecular formula is C17H28N2O6. The van der Waals surface area contributed by atoms with Crippen LogP contribution in [0.3, 0.4) is 0 Å². The van der Waals surface area contributed by atoms with Gasteiger partial charge in [-0.1, -0.05) is 5.57 Å². The highest BCUT2D eigenvalue weighted by Crippen LogP contribution is 2.26. The van der Waals surface area contributed by atoms with E-state index in [1.54, 1.807) is 27.7 Å². The summed E-state index contributed by atoms with van der Waals surface area (Å²) in [6.45, 7) is 10.8. The molecule has 0 aliphatic carbocycles. The van der Waals surface area contributed by atoms with Crippen LogP contribution in [0.5, 0.6) is 0 Å². The van der Waals surface area contributed by atoms with Crippen LogP contribution in [0, 0.1) is 16.0 Å². The maximum absolute atomic E-state index is 12.0. The van der Waals surface area contributed by atoms with Crippen molar-refractivity contribution in [1.29, 1.82) is 0 Å². The van der Waals surface area contributed by atoms with Crippen LogP contribution in [0.15, 0.2) is 23.9 Å². The van der Waals surface area contributed by atoms with E-state index in [0.717, 1.165) is 0 Å². The summed E-state index contributed by atoms with van der Waals surface area (Å²) in [6.07, 6.45) is -0.301. The quantitative estimate of drug-likeness (QED) is 0.443. The monoisotopic (exact) mass is 356 g/mol. The lowest BCUT2D eigenvalue weighted by atomic mass is 9.86. The van der Waals surface area contributed by atoms with Crippen molar-refractivity contribution in [2.45, 2.75) is 58.3 Å². The lowest BCUT2D eigenvalue weighted by molar-refractivity contribution is -0.418. The van der Waals surface area contributed by atoms with Gasteiger partial charge in [-0.3, -0.25) is 10.1 Å². The second kappa shape index (κ2) is 8.44. The number of nitrogens with zero attached hydrogens (tertiary/aromatic N) is 2. The first-order valence-electron chi connectivity index (χ1n) is 8.25.